The number of anilines is 2. The van der Waals surface area contributed by atoms with Crippen LogP contribution in [0.5, 0.6) is 0 Å². The molecule has 0 saturated carbocycles. The molecule has 0 aliphatic carbocycles. The van der Waals surface area contributed by atoms with Gasteiger partial charge in [0.15, 0.2) is 0 Å². The molecule has 2 aromatic rings. The third kappa shape index (κ3) is 2.07. The molecule has 0 saturated heterocycles. The third-order valence-electron chi connectivity index (χ3n) is 1.87. The molecule has 0 amide bonds. The molecule has 5 heteroatoms. The van der Waals surface area contributed by atoms with Crippen LogP contribution in [0.2, 0.25) is 0 Å². The van der Waals surface area contributed by atoms with Crippen LogP contribution in [0.15, 0.2) is 30.6 Å². The fourth-order valence-corrected chi connectivity index (χ4v) is 1.09. The Kier molecular flexibility index (Phi) is 2.53. The van der Waals surface area contributed by atoms with Crippen molar-refractivity contribution in [1.82, 2.24) is 15.0 Å². The average Bonchev–Trinajstić information content (AvgIpc) is 2.30. The molecule has 75 valence electrons. The SMILES string of the molecule is Cc1ccc(N(F)c2n[c]ncn2)cc1. The van der Waals surface area contributed by atoms with Gasteiger partial charge in [-0.3, -0.25) is 0 Å². The second kappa shape index (κ2) is 4.00. The van der Waals surface area contributed by atoms with E-state index in [1.807, 2.05) is 19.1 Å². The van der Waals surface area contributed by atoms with Crippen molar-refractivity contribution in [2.45, 2.75) is 6.92 Å². The summed E-state index contributed by atoms with van der Waals surface area (Å²) in [5.74, 6) is -0.0751. The molecule has 1 heterocycles. The zero-order chi connectivity index (χ0) is 10.7. The monoisotopic (exact) mass is 203 g/mol. The van der Waals surface area contributed by atoms with Crippen molar-refractivity contribution in [1.29, 1.82) is 0 Å². The van der Waals surface area contributed by atoms with E-state index in [9.17, 15) is 4.48 Å². The van der Waals surface area contributed by atoms with Gasteiger partial charge in [0.1, 0.15) is 6.33 Å². The fraction of sp³-hybridized carbons (Fsp3) is 0.100. The van der Waals surface area contributed by atoms with Crippen LogP contribution < -0.4 is 5.12 Å². The zero-order valence-electron chi connectivity index (χ0n) is 8.05. The standard InChI is InChI=1S/C10H8FN4/c1-8-2-4-9(5-3-8)15(11)10-13-6-12-7-14-10/h2-6H,1H3. The predicted molar refractivity (Wildman–Crippen MR) is 53.1 cm³/mol. The molecule has 0 bridgehead atoms. The van der Waals surface area contributed by atoms with Crippen LogP contribution in [0, 0.1) is 13.3 Å². The first-order valence-electron chi connectivity index (χ1n) is 4.35. The molecule has 4 nitrogen and oxygen atoms in total. The van der Waals surface area contributed by atoms with Crippen molar-refractivity contribution in [2.75, 3.05) is 5.12 Å². The summed E-state index contributed by atoms with van der Waals surface area (Å²) in [6, 6.07) is 6.93. The van der Waals surface area contributed by atoms with E-state index < -0.39 is 0 Å². The molecule has 2 rings (SSSR count). The van der Waals surface area contributed by atoms with Crippen LogP contribution in [0.4, 0.5) is 16.1 Å². The highest BCUT2D eigenvalue weighted by Gasteiger charge is 2.09. The maximum absolute atomic E-state index is 13.7. The lowest BCUT2D eigenvalue weighted by atomic mass is 10.2. The smallest absolute Gasteiger partial charge is 0.213 e. The van der Waals surface area contributed by atoms with Crippen molar-refractivity contribution in [3.63, 3.8) is 0 Å². The van der Waals surface area contributed by atoms with Crippen molar-refractivity contribution in [3.05, 3.63) is 42.5 Å². The van der Waals surface area contributed by atoms with E-state index in [1.54, 1.807) is 12.1 Å². The predicted octanol–water partition coefficient (Wildman–Crippen LogP) is 2.00. The van der Waals surface area contributed by atoms with E-state index in [0.717, 1.165) is 5.56 Å². The third-order valence-corrected chi connectivity index (χ3v) is 1.87. The lowest BCUT2D eigenvalue weighted by Gasteiger charge is -2.10. The van der Waals surface area contributed by atoms with Crippen LogP contribution in [0.25, 0.3) is 0 Å². The van der Waals surface area contributed by atoms with E-state index in [4.69, 9.17) is 0 Å². The average molecular weight is 203 g/mol. The van der Waals surface area contributed by atoms with Crippen molar-refractivity contribution in [2.24, 2.45) is 0 Å². The quantitative estimate of drug-likeness (QED) is 0.700. The van der Waals surface area contributed by atoms with Crippen LogP contribution >= 0.6 is 0 Å². The maximum Gasteiger partial charge on any atom is 0.262 e. The normalized spacial score (nSPS) is 10.0. The Bertz CT molecular complexity index is 429. The molecule has 0 unspecified atom stereocenters. The highest BCUT2D eigenvalue weighted by atomic mass is 19.2. The molecule has 0 spiro atoms. The number of hydrogen-bond donors (Lipinski definition) is 0. The molecule has 0 aliphatic rings. The Morgan fingerprint density at radius 2 is 2.00 bits per heavy atom. The van der Waals surface area contributed by atoms with Gasteiger partial charge >= 0.3 is 0 Å². The Hall–Kier alpha value is -2.04. The molecule has 0 N–H and O–H groups in total. The Balaban J connectivity index is 2.29. The summed E-state index contributed by atoms with van der Waals surface area (Å²) in [6.45, 7) is 1.93. The van der Waals surface area contributed by atoms with Gasteiger partial charge < -0.3 is 0 Å². The summed E-state index contributed by atoms with van der Waals surface area (Å²) in [6.07, 6.45) is 3.48. The number of aromatic nitrogens is 3. The van der Waals surface area contributed by atoms with Gasteiger partial charge in [0.2, 0.25) is 6.33 Å². The summed E-state index contributed by atoms with van der Waals surface area (Å²) in [4.78, 5) is 10.8. The van der Waals surface area contributed by atoms with E-state index >= 15 is 0 Å². The van der Waals surface area contributed by atoms with Crippen LogP contribution in [-0.2, 0) is 0 Å². The summed E-state index contributed by atoms with van der Waals surface area (Å²) >= 11 is 0. The first-order chi connectivity index (χ1) is 7.27. The molecule has 1 aromatic heterocycles. The Morgan fingerprint density at radius 1 is 1.27 bits per heavy atom. The molecular formula is C10H8FN4. The Labute approximate surface area is 86.4 Å². The molecule has 0 atom stereocenters. The first-order valence-corrected chi connectivity index (χ1v) is 4.35. The summed E-state index contributed by atoms with van der Waals surface area (Å²) in [5, 5.41) is 0.387. The van der Waals surface area contributed by atoms with Crippen molar-refractivity contribution < 1.29 is 4.48 Å². The molecular weight excluding hydrogens is 195 g/mol. The minimum absolute atomic E-state index is 0.0751. The number of aryl methyl sites for hydroxylation is 1. The summed E-state index contributed by atoms with van der Waals surface area (Å²) in [7, 11) is 0. The second-order valence-electron chi connectivity index (χ2n) is 3.00. The molecule has 0 fully saturated rings. The Morgan fingerprint density at radius 3 is 2.60 bits per heavy atom. The fourth-order valence-electron chi connectivity index (χ4n) is 1.09. The van der Waals surface area contributed by atoms with E-state index in [1.165, 1.54) is 6.33 Å². The molecule has 1 radical (unpaired) electrons. The van der Waals surface area contributed by atoms with E-state index in [0.29, 0.717) is 10.8 Å². The summed E-state index contributed by atoms with van der Waals surface area (Å²) in [5.41, 5.74) is 1.44. The number of benzene rings is 1. The highest BCUT2D eigenvalue weighted by molar-refractivity contribution is 5.53. The topological polar surface area (TPSA) is 41.9 Å². The first kappa shape index (κ1) is 9.51. The maximum atomic E-state index is 13.7. The van der Waals surface area contributed by atoms with Crippen LogP contribution in [-0.4, -0.2) is 15.0 Å². The van der Waals surface area contributed by atoms with Crippen molar-refractivity contribution >= 4 is 11.6 Å². The minimum Gasteiger partial charge on any atom is -0.213 e. The molecule has 0 aliphatic heterocycles. The lowest BCUT2D eigenvalue weighted by Crippen LogP contribution is -2.07. The van der Waals surface area contributed by atoms with Crippen LogP contribution in [0.1, 0.15) is 5.56 Å². The summed E-state index contributed by atoms with van der Waals surface area (Å²) < 4.78 is 13.7. The highest BCUT2D eigenvalue weighted by Crippen LogP contribution is 2.21. The van der Waals surface area contributed by atoms with Gasteiger partial charge in [-0.1, -0.05) is 22.2 Å². The second-order valence-corrected chi connectivity index (χ2v) is 3.00. The molecule has 15 heavy (non-hydrogen) atoms. The largest absolute Gasteiger partial charge is 0.262 e. The molecule has 1 aromatic carbocycles. The van der Waals surface area contributed by atoms with E-state index in [-0.39, 0.29) is 5.95 Å². The van der Waals surface area contributed by atoms with Gasteiger partial charge in [0.05, 0.1) is 5.69 Å². The van der Waals surface area contributed by atoms with Gasteiger partial charge in [0.25, 0.3) is 5.95 Å². The lowest BCUT2D eigenvalue weighted by molar-refractivity contribution is 0.491. The number of nitrogens with zero attached hydrogens (tertiary/aromatic N) is 4. The van der Waals surface area contributed by atoms with Gasteiger partial charge in [-0.05, 0) is 19.1 Å². The van der Waals surface area contributed by atoms with Crippen LogP contribution in [0.3, 0.4) is 0 Å². The van der Waals surface area contributed by atoms with Gasteiger partial charge in [-0.15, -0.1) is 5.12 Å². The number of rotatable bonds is 2. The minimum atomic E-state index is -0.0751. The van der Waals surface area contributed by atoms with Gasteiger partial charge in [0, 0.05) is 0 Å². The van der Waals surface area contributed by atoms with E-state index in [2.05, 4.69) is 21.3 Å². The van der Waals surface area contributed by atoms with Gasteiger partial charge in [-0.25, -0.2) is 4.98 Å². The number of halogens is 1. The number of hydrogen-bond acceptors (Lipinski definition) is 4. The zero-order valence-corrected chi connectivity index (χ0v) is 8.05. The van der Waals surface area contributed by atoms with Crippen molar-refractivity contribution in [3.8, 4) is 0 Å². The van der Waals surface area contributed by atoms with Gasteiger partial charge in [-0.2, -0.15) is 9.97 Å².